The molecule has 2 rings (SSSR count). The molecule has 11 heteroatoms. The number of amides is 1. The van der Waals surface area contributed by atoms with Gasteiger partial charge in [-0.2, -0.15) is 0 Å². The number of hydrogen-bond acceptors (Lipinski definition) is 6. The van der Waals surface area contributed by atoms with E-state index in [4.69, 9.17) is 16.3 Å². The van der Waals surface area contributed by atoms with E-state index >= 15 is 0 Å². The van der Waals surface area contributed by atoms with E-state index in [0.29, 0.717) is 22.0 Å². The molecule has 0 aromatic heterocycles. The first-order chi connectivity index (χ1) is 11.1. The zero-order valence-corrected chi connectivity index (χ0v) is 19.2. The number of aliphatic imine (C=N–C) groups is 1. The third kappa shape index (κ3) is 3.54. The molecule has 1 aliphatic rings. The summed E-state index contributed by atoms with van der Waals surface area (Å²) in [4.78, 5) is 27.5. The first kappa shape index (κ1) is 20.5. The highest BCUT2D eigenvalue weighted by molar-refractivity contribution is 14.1. The average Bonchev–Trinajstić information content (AvgIpc) is 2.93. The van der Waals surface area contributed by atoms with Crippen molar-refractivity contribution in [2.24, 2.45) is 4.99 Å². The topological polar surface area (TPSA) is 108 Å². The Labute approximate surface area is 183 Å². The molecular weight excluding hydrogens is 680 g/mol. The molecule has 1 aromatic carbocycles. The number of benzene rings is 1. The Hall–Kier alpha value is 0.230. The number of nitrogens with zero attached hydrogens (tertiary/aromatic N) is 1. The Bertz CT molecular complexity index is 756. The summed E-state index contributed by atoms with van der Waals surface area (Å²) in [7, 11) is 0. The fourth-order valence-electron chi connectivity index (χ4n) is 2.24. The van der Waals surface area contributed by atoms with Crippen LogP contribution in [0.2, 0.25) is 0 Å². The monoisotopic (exact) mass is 690 g/mol. The molecule has 130 valence electrons. The van der Waals surface area contributed by atoms with Gasteiger partial charge in [-0.15, -0.1) is 0 Å². The predicted molar refractivity (Wildman–Crippen MR) is 113 cm³/mol. The third-order valence-electron chi connectivity index (χ3n) is 3.34. The first-order valence-electron chi connectivity index (χ1n) is 6.33. The summed E-state index contributed by atoms with van der Waals surface area (Å²) in [5.74, 6) is -0.337. The van der Waals surface area contributed by atoms with Crippen LogP contribution in [-0.2, 0) is 15.1 Å². The molecule has 0 aliphatic carbocycles. The molecule has 7 nitrogen and oxygen atoms in total. The molecule has 0 spiro atoms. The van der Waals surface area contributed by atoms with Crippen LogP contribution in [-0.4, -0.2) is 40.7 Å². The van der Waals surface area contributed by atoms with Gasteiger partial charge >= 0.3 is 0 Å². The summed E-state index contributed by atoms with van der Waals surface area (Å²) < 4.78 is 6.52. The lowest BCUT2D eigenvalue weighted by Gasteiger charge is -2.31. The van der Waals surface area contributed by atoms with Gasteiger partial charge in [0.1, 0.15) is 6.61 Å². The van der Waals surface area contributed by atoms with E-state index in [2.05, 4.69) is 10.3 Å². The Kier molecular flexibility index (Phi) is 6.72. The van der Waals surface area contributed by atoms with Crippen molar-refractivity contribution in [3.63, 3.8) is 0 Å². The fourth-order valence-corrected chi connectivity index (χ4v) is 7.61. The van der Waals surface area contributed by atoms with Crippen LogP contribution in [0.15, 0.2) is 4.99 Å². The van der Waals surface area contributed by atoms with Gasteiger partial charge in [0.15, 0.2) is 18.2 Å². The molecule has 1 amide bonds. The minimum Gasteiger partial charge on any atom is -0.480 e. The number of aliphatic hydroxyl groups excluding tert-OH is 1. The molecule has 0 radical (unpaired) electrons. The minimum absolute atomic E-state index is 0.118. The summed E-state index contributed by atoms with van der Waals surface area (Å²) in [6.45, 7) is 1.21. The van der Waals surface area contributed by atoms with Crippen LogP contribution < -0.4 is 5.32 Å². The number of ether oxygens (including phenoxy) is 1. The van der Waals surface area contributed by atoms with Crippen molar-refractivity contribution in [3.05, 3.63) is 21.8 Å². The van der Waals surface area contributed by atoms with Crippen LogP contribution in [0.25, 0.3) is 0 Å². The maximum absolute atomic E-state index is 11.9. The minimum atomic E-state index is -1.87. The Morgan fingerprint density at radius 2 is 1.96 bits per heavy atom. The maximum atomic E-state index is 11.9. The maximum Gasteiger partial charge on any atom is 0.254 e. The van der Waals surface area contributed by atoms with Crippen molar-refractivity contribution in [1.82, 2.24) is 0 Å². The number of carbonyl (C=O) groups excluding carboxylic acids is 2. The summed E-state index contributed by atoms with van der Waals surface area (Å²) in [6.07, 6.45) is -0.745. The van der Waals surface area contributed by atoms with Crippen molar-refractivity contribution in [3.8, 4) is 0 Å². The van der Waals surface area contributed by atoms with Gasteiger partial charge in [0, 0.05) is 19.6 Å². The van der Waals surface area contributed by atoms with Gasteiger partial charge in [-0.25, -0.2) is 4.99 Å². The van der Waals surface area contributed by atoms with Crippen molar-refractivity contribution in [2.75, 3.05) is 11.9 Å². The lowest BCUT2D eigenvalue weighted by Crippen LogP contribution is -2.41. The van der Waals surface area contributed by atoms with Gasteiger partial charge in [-0.05, 0) is 79.4 Å². The first-order valence-corrected chi connectivity index (χ1v) is 9.94. The Balaban J connectivity index is 2.90. The SMILES string of the molecule is CC(=O)Nc1c(I)c(C(=O)Cl)c(I)c(C2(C(O)O)COC=N2)c1I. The van der Waals surface area contributed by atoms with Crippen molar-refractivity contribution in [1.29, 1.82) is 0 Å². The molecular formula is C13H10ClI3N2O5. The number of anilines is 1. The van der Waals surface area contributed by atoms with Gasteiger partial charge in [0.2, 0.25) is 5.91 Å². The van der Waals surface area contributed by atoms with Crippen molar-refractivity contribution in [2.45, 2.75) is 18.8 Å². The van der Waals surface area contributed by atoms with E-state index < -0.39 is 17.1 Å². The van der Waals surface area contributed by atoms with Crippen LogP contribution in [0.5, 0.6) is 0 Å². The van der Waals surface area contributed by atoms with E-state index in [1.54, 1.807) is 0 Å². The second-order valence-corrected chi connectivity index (χ2v) is 8.44. The number of carbonyl (C=O) groups is 2. The number of rotatable bonds is 4. The predicted octanol–water partition coefficient (Wildman–Crippen LogP) is 2.40. The largest absolute Gasteiger partial charge is 0.480 e. The molecule has 0 saturated carbocycles. The molecule has 1 aromatic rings. The standard InChI is InChI=1S/C13H10ClI3N2O5/c1-4(20)19-10-8(16)5(11(14)21)7(15)6(9(10)17)13(12(22)23)2-24-3-18-13/h3,12,22-23H,2H2,1H3,(H,19,20). The lowest BCUT2D eigenvalue weighted by atomic mass is 9.89. The number of hydrogen-bond donors (Lipinski definition) is 3. The molecule has 0 saturated heterocycles. The highest BCUT2D eigenvalue weighted by Crippen LogP contribution is 2.44. The Morgan fingerprint density at radius 1 is 1.33 bits per heavy atom. The normalized spacial score (nSPS) is 19.5. The van der Waals surface area contributed by atoms with Crippen LogP contribution >= 0.6 is 79.4 Å². The summed E-state index contributed by atoms with van der Waals surface area (Å²) in [5.41, 5.74) is -0.615. The molecule has 24 heavy (non-hydrogen) atoms. The summed E-state index contributed by atoms with van der Waals surface area (Å²) in [6, 6.07) is 0. The number of nitrogens with one attached hydrogen (secondary N) is 1. The van der Waals surface area contributed by atoms with Crippen LogP contribution in [0.3, 0.4) is 0 Å². The third-order valence-corrected chi connectivity index (χ3v) is 6.76. The van der Waals surface area contributed by atoms with Gasteiger partial charge < -0.3 is 20.3 Å². The summed E-state index contributed by atoms with van der Waals surface area (Å²) >= 11 is 11.5. The lowest BCUT2D eigenvalue weighted by molar-refractivity contribution is -0.114. The fraction of sp³-hybridized carbons (Fsp3) is 0.308. The molecule has 0 bridgehead atoms. The van der Waals surface area contributed by atoms with E-state index in [9.17, 15) is 19.8 Å². The highest BCUT2D eigenvalue weighted by Gasteiger charge is 2.47. The van der Waals surface area contributed by atoms with Gasteiger partial charge in [0.05, 0.1) is 14.8 Å². The van der Waals surface area contributed by atoms with Crippen LogP contribution in [0, 0.1) is 10.7 Å². The van der Waals surface area contributed by atoms with E-state index in [1.807, 2.05) is 67.8 Å². The van der Waals surface area contributed by atoms with E-state index in [-0.39, 0.29) is 18.1 Å². The van der Waals surface area contributed by atoms with Gasteiger partial charge in [-0.1, -0.05) is 0 Å². The van der Waals surface area contributed by atoms with E-state index in [1.165, 1.54) is 6.92 Å². The quantitative estimate of drug-likeness (QED) is 0.256. The van der Waals surface area contributed by atoms with E-state index in [0.717, 1.165) is 6.40 Å². The van der Waals surface area contributed by atoms with Crippen molar-refractivity contribution < 1.29 is 24.5 Å². The molecule has 0 fully saturated rings. The van der Waals surface area contributed by atoms with Gasteiger partial charge in [-0.3, -0.25) is 9.59 Å². The number of halogens is 4. The van der Waals surface area contributed by atoms with Crippen molar-refractivity contribution >= 4 is 103 Å². The number of aliphatic hydroxyl groups is 2. The highest BCUT2D eigenvalue weighted by atomic mass is 127. The van der Waals surface area contributed by atoms with Crippen LogP contribution in [0.4, 0.5) is 5.69 Å². The molecule has 1 atom stereocenters. The Morgan fingerprint density at radius 3 is 2.38 bits per heavy atom. The zero-order chi connectivity index (χ0) is 18.2. The smallest absolute Gasteiger partial charge is 0.254 e. The second kappa shape index (κ2) is 7.85. The zero-order valence-electron chi connectivity index (χ0n) is 11.9. The molecule has 3 N–H and O–H groups in total. The molecule has 1 heterocycles. The van der Waals surface area contributed by atoms with Crippen LogP contribution in [0.1, 0.15) is 22.8 Å². The average molecular weight is 690 g/mol. The molecule has 1 unspecified atom stereocenters. The molecule has 1 aliphatic heterocycles. The second-order valence-electron chi connectivity index (χ2n) is 4.87. The summed E-state index contributed by atoms with van der Waals surface area (Å²) in [5, 5.41) is 21.8. The van der Waals surface area contributed by atoms with Gasteiger partial charge in [0.25, 0.3) is 5.24 Å².